The van der Waals surface area contributed by atoms with E-state index in [0.29, 0.717) is 15.7 Å². The van der Waals surface area contributed by atoms with Crippen LogP contribution in [0, 0.1) is 0 Å². The number of rotatable bonds is 17. The van der Waals surface area contributed by atoms with Crippen LogP contribution in [0.1, 0.15) is 60.4 Å². The molecule has 2 aliphatic heterocycles. The second kappa shape index (κ2) is 22.1. The number of thiazole rings is 1. The molecule has 3 amide bonds. The molecule has 5 aromatic carbocycles. The minimum absolute atomic E-state index is 0.0604. The highest BCUT2D eigenvalue weighted by molar-refractivity contribution is 8.18. The first-order chi connectivity index (χ1) is 34.5. The van der Waals surface area contributed by atoms with Crippen LogP contribution in [0.25, 0.3) is 0 Å². The van der Waals surface area contributed by atoms with Crippen molar-refractivity contribution in [3.05, 3.63) is 207 Å². The van der Waals surface area contributed by atoms with E-state index in [1.807, 2.05) is 152 Å². The number of hydrogen-bond acceptors (Lipinski definition) is 16. The number of nitrogens with zero attached hydrogens (tertiary/aromatic N) is 5. The number of fused-ring (bicyclic) bond motifs is 1. The number of amides is 3. The van der Waals surface area contributed by atoms with Crippen LogP contribution in [0.5, 0.6) is 0 Å². The molecule has 4 heterocycles. The largest absolute Gasteiger partial charge is 0.448 e. The molecular formula is C52H45N7O7S5. The third-order valence-electron chi connectivity index (χ3n) is 11.0. The third-order valence-corrected chi connectivity index (χ3v) is 16.3. The van der Waals surface area contributed by atoms with Crippen LogP contribution < -0.4 is 10.6 Å². The molecule has 2 N–H and O–H groups in total. The Hall–Kier alpha value is -6.77. The third kappa shape index (κ3) is 11.2. The number of aromatic nitrogens is 3. The summed E-state index contributed by atoms with van der Waals surface area (Å²) in [6, 6.07) is 46.3. The molecule has 0 bridgehead atoms. The summed E-state index contributed by atoms with van der Waals surface area (Å²) in [6.45, 7) is 5.23. The van der Waals surface area contributed by atoms with Crippen LogP contribution in [-0.4, -0.2) is 77.5 Å². The molecule has 0 spiro atoms. The molecule has 2 aromatic heterocycles. The van der Waals surface area contributed by atoms with Crippen molar-refractivity contribution in [3.8, 4) is 0 Å². The van der Waals surface area contributed by atoms with E-state index in [1.165, 1.54) is 51.5 Å². The van der Waals surface area contributed by atoms with E-state index < -0.39 is 52.6 Å². The van der Waals surface area contributed by atoms with Gasteiger partial charge >= 0.3 is 12.1 Å². The fourth-order valence-corrected chi connectivity index (χ4v) is 13.0. The Morgan fingerprint density at radius 2 is 1.35 bits per heavy atom. The van der Waals surface area contributed by atoms with Gasteiger partial charge < -0.3 is 19.6 Å². The van der Waals surface area contributed by atoms with Crippen molar-refractivity contribution in [2.24, 2.45) is 5.16 Å². The molecule has 2 atom stereocenters. The van der Waals surface area contributed by atoms with Crippen LogP contribution in [0.3, 0.4) is 0 Å². The number of β-lactam (4-membered cyclic amide) rings is 1. The second-order valence-electron chi connectivity index (χ2n) is 16.8. The van der Waals surface area contributed by atoms with E-state index in [9.17, 15) is 19.2 Å². The number of ether oxygens (including phenoxy) is 2. The molecule has 1 saturated heterocycles. The van der Waals surface area contributed by atoms with Crippen molar-refractivity contribution in [2.75, 3.05) is 16.2 Å². The lowest BCUT2D eigenvalue weighted by Crippen LogP contribution is -2.71. The number of hydrogen-bond donors (Lipinski definition) is 2. The zero-order valence-electron chi connectivity index (χ0n) is 38.4. The lowest BCUT2D eigenvalue weighted by atomic mass is 9.80. The van der Waals surface area contributed by atoms with Gasteiger partial charge in [0.05, 0.1) is 5.08 Å². The summed E-state index contributed by atoms with van der Waals surface area (Å²) in [6.07, 6.45) is -1.51. The normalized spacial score (nSPS) is 15.9. The Kier molecular flexibility index (Phi) is 15.3. The van der Waals surface area contributed by atoms with E-state index in [0.717, 1.165) is 43.5 Å². The SMILES string of the molecule is CC(C)(C)OC(=O)Nc1nc(/C(=N/OC(c2ccccc2)(c2ccccc2)c2ccccc2)C(=O)NC2C(=O)N3C(C(=O)OC(c4ccccc4)c4ccccc4)=C(SCSc4nncs4)CS[C@@H]23)cs1. The predicted octanol–water partition coefficient (Wildman–Crippen LogP) is 10.5. The number of anilines is 1. The number of esters is 1. The molecule has 19 heteroatoms. The van der Waals surface area contributed by atoms with Gasteiger partial charge in [-0.05, 0) is 31.9 Å². The maximum atomic E-state index is 14.9. The van der Waals surface area contributed by atoms with Gasteiger partial charge in [-0.1, -0.05) is 180 Å². The van der Waals surface area contributed by atoms with Gasteiger partial charge in [-0.3, -0.25) is 19.8 Å². The molecule has 71 heavy (non-hydrogen) atoms. The lowest BCUT2D eigenvalue weighted by Gasteiger charge is -2.49. The average Bonchev–Trinajstić information content (AvgIpc) is 4.09. The highest BCUT2D eigenvalue weighted by Gasteiger charge is 2.55. The maximum Gasteiger partial charge on any atom is 0.413 e. The van der Waals surface area contributed by atoms with Crippen molar-refractivity contribution in [2.45, 2.75) is 53.8 Å². The Labute approximate surface area is 430 Å². The molecule has 0 aliphatic carbocycles. The van der Waals surface area contributed by atoms with Crippen molar-refractivity contribution in [3.63, 3.8) is 0 Å². The first-order valence-corrected chi connectivity index (χ1v) is 27.0. The van der Waals surface area contributed by atoms with Crippen molar-refractivity contribution >= 4 is 92.7 Å². The van der Waals surface area contributed by atoms with Gasteiger partial charge in [-0.15, -0.1) is 45.1 Å². The van der Waals surface area contributed by atoms with Gasteiger partial charge in [-0.25, -0.2) is 14.6 Å². The number of thioether (sulfide) groups is 3. The van der Waals surface area contributed by atoms with Crippen LogP contribution >= 0.6 is 58.0 Å². The van der Waals surface area contributed by atoms with Crippen molar-refractivity contribution in [1.82, 2.24) is 25.4 Å². The number of carbonyl (C=O) groups excluding carboxylic acids is 4. The maximum absolute atomic E-state index is 14.9. The molecule has 0 saturated carbocycles. The summed E-state index contributed by atoms with van der Waals surface area (Å²) in [7, 11) is 0. The molecule has 9 rings (SSSR count). The summed E-state index contributed by atoms with van der Waals surface area (Å²) < 4.78 is 12.6. The van der Waals surface area contributed by atoms with Gasteiger partial charge in [0, 0.05) is 32.7 Å². The van der Waals surface area contributed by atoms with Crippen LogP contribution in [0.4, 0.5) is 9.93 Å². The van der Waals surface area contributed by atoms with Crippen molar-refractivity contribution < 1.29 is 33.5 Å². The fraction of sp³-hybridized carbons (Fsp3) is 0.192. The Bertz CT molecular complexity index is 2900. The van der Waals surface area contributed by atoms with Gasteiger partial charge in [0.2, 0.25) is 5.60 Å². The van der Waals surface area contributed by atoms with Gasteiger partial charge in [0.1, 0.15) is 33.9 Å². The number of carbonyl (C=O) groups is 4. The first-order valence-electron chi connectivity index (χ1n) is 22.2. The number of benzene rings is 5. The fourth-order valence-electron chi connectivity index (χ4n) is 7.85. The van der Waals surface area contributed by atoms with Crippen LogP contribution in [-0.2, 0) is 34.3 Å². The van der Waals surface area contributed by atoms with E-state index in [1.54, 1.807) is 31.7 Å². The Morgan fingerprint density at radius 3 is 1.89 bits per heavy atom. The summed E-state index contributed by atoms with van der Waals surface area (Å²) in [4.78, 5) is 70.6. The van der Waals surface area contributed by atoms with E-state index in [2.05, 4.69) is 31.0 Å². The Morgan fingerprint density at radius 1 is 0.789 bits per heavy atom. The van der Waals surface area contributed by atoms with Crippen LogP contribution in [0.2, 0.25) is 0 Å². The van der Waals surface area contributed by atoms with E-state index in [4.69, 9.17) is 14.3 Å². The minimum Gasteiger partial charge on any atom is -0.448 e. The van der Waals surface area contributed by atoms with Crippen LogP contribution in [0.15, 0.2) is 183 Å². The average molecular weight is 1040 g/mol. The van der Waals surface area contributed by atoms with E-state index in [-0.39, 0.29) is 22.2 Å². The molecule has 7 aromatic rings. The first kappa shape index (κ1) is 49.2. The molecule has 14 nitrogen and oxygen atoms in total. The number of oxime groups is 1. The molecule has 360 valence electrons. The molecule has 1 unspecified atom stereocenters. The van der Waals surface area contributed by atoms with Gasteiger partial charge in [-0.2, -0.15) is 0 Å². The summed E-state index contributed by atoms with van der Waals surface area (Å²) in [5, 5.41) is 19.8. The predicted molar refractivity (Wildman–Crippen MR) is 280 cm³/mol. The zero-order chi connectivity index (χ0) is 49.4. The quantitative estimate of drug-likeness (QED) is 0.0168. The standard InChI is InChI=1S/C52H45N7O7S5/c1-51(2,3)65-49(63)56-48-54-38(29-68-48)40(58-66-52(35-23-13-6-14-24-35,36-25-15-7-16-26-36)37-27-17-8-18-28-37)44(60)55-41-45(61)59-42(39(30-67-46(41)59)70-32-71-50-57-53-31-69-50)47(62)64-43(33-19-9-4-10-20-33)34-21-11-5-12-22-34/h4-29,31,41,43,46H,30,32H2,1-3H3,(H,55,60)(H,54,56,63)/b58-40-/t41?,46-/m0/s1. The molecule has 0 radical (unpaired) electrons. The molecule has 1 fully saturated rings. The highest BCUT2D eigenvalue weighted by Crippen LogP contribution is 2.46. The summed E-state index contributed by atoms with van der Waals surface area (Å²) >= 11 is 6.77. The minimum atomic E-state index is -1.38. The topological polar surface area (TPSA) is 174 Å². The monoisotopic (exact) mass is 1040 g/mol. The van der Waals surface area contributed by atoms with Gasteiger partial charge in [0.25, 0.3) is 11.8 Å². The molecule has 2 aliphatic rings. The summed E-state index contributed by atoms with van der Waals surface area (Å²) in [5.74, 6) is -1.64. The lowest BCUT2D eigenvalue weighted by molar-refractivity contribution is -0.154. The highest BCUT2D eigenvalue weighted by atomic mass is 32.2. The smallest absolute Gasteiger partial charge is 0.413 e. The summed E-state index contributed by atoms with van der Waals surface area (Å²) in [5.41, 5.74) is 3.06. The molecular weight excluding hydrogens is 995 g/mol. The second-order valence-corrected chi connectivity index (χ2v) is 22.3. The van der Waals surface area contributed by atoms with Gasteiger partial charge in [0.15, 0.2) is 21.3 Å². The van der Waals surface area contributed by atoms with E-state index >= 15 is 0 Å². The Balaban J connectivity index is 1.05. The zero-order valence-corrected chi connectivity index (χ0v) is 42.5. The number of nitrogens with one attached hydrogen (secondary N) is 2. The van der Waals surface area contributed by atoms with Crippen molar-refractivity contribution in [1.29, 1.82) is 0 Å².